The maximum absolute atomic E-state index is 13.8. The van der Waals surface area contributed by atoms with E-state index in [1.807, 2.05) is 60.7 Å². The molecule has 1 aliphatic rings. The van der Waals surface area contributed by atoms with Crippen LogP contribution in [0.5, 0.6) is 0 Å². The average molecular weight is 657 g/mol. The minimum atomic E-state index is -3.37. The normalized spacial score (nSPS) is 21.1. The Balaban J connectivity index is 1.70. The molecule has 5 rings (SSSR count). The van der Waals surface area contributed by atoms with Crippen LogP contribution in [0.3, 0.4) is 0 Å². The fourth-order valence-electron chi connectivity index (χ4n) is 6.43. The molecule has 47 heavy (non-hydrogen) atoms. The molecule has 5 atom stereocenters. The molecular weight excluding hydrogens is 612 g/mol. The molecule has 0 aromatic heterocycles. The second-order valence-electron chi connectivity index (χ2n) is 11.7. The van der Waals surface area contributed by atoms with Gasteiger partial charge in [-0.1, -0.05) is 127 Å². The van der Waals surface area contributed by atoms with Crippen LogP contribution in [0.4, 0.5) is 0 Å². The molecule has 244 valence electrons. The highest BCUT2D eigenvalue weighted by molar-refractivity contribution is 7.04. The van der Waals surface area contributed by atoms with Crippen LogP contribution >= 0.6 is 0 Å². The predicted molar refractivity (Wildman–Crippen MR) is 180 cm³/mol. The van der Waals surface area contributed by atoms with E-state index >= 15 is 0 Å². The molecular formula is C38H40O8Si. The van der Waals surface area contributed by atoms with Crippen molar-refractivity contribution in [3.05, 3.63) is 132 Å². The molecule has 0 saturated carbocycles. The smallest absolute Gasteiger partial charge is 0.338 e. The summed E-state index contributed by atoms with van der Waals surface area (Å²) < 4.78 is 40.6. The SMILES string of the molecule is [3H]c1ccccc1C(=O)O[C@H]1[C@@H](OC(=O)c2ccccc2[3H])C(OC(C)=O)O[C@@H]1[C@@](C)(O)[Si](CCCC)(c1ccccc1)c1ccccc1. The van der Waals surface area contributed by atoms with Crippen molar-refractivity contribution in [3.8, 4) is 0 Å². The number of esters is 3. The van der Waals surface area contributed by atoms with E-state index in [1.54, 1.807) is 31.2 Å². The zero-order valence-corrected chi connectivity index (χ0v) is 27.6. The molecule has 1 N–H and O–H groups in total. The maximum atomic E-state index is 13.8. The first-order valence-electron chi connectivity index (χ1n) is 16.7. The number of rotatable bonds is 12. The Labute approximate surface area is 279 Å². The summed E-state index contributed by atoms with van der Waals surface area (Å²) in [6, 6.07) is 31.8. The fraction of sp³-hybridized carbons (Fsp3) is 0.289. The van der Waals surface area contributed by atoms with Gasteiger partial charge in [0.15, 0.2) is 14.2 Å². The van der Waals surface area contributed by atoms with Gasteiger partial charge in [0.2, 0.25) is 12.4 Å². The van der Waals surface area contributed by atoms with Crippen LogP contribution in [-0.2, 0) is 23.7 Å². The van der Waals surface area contributed by atoms with Crippen molar-refractivity contribution in [2.24, 2.45) is 0 Å². The summed E-state index contributed by atoms with van der Waals surface area (Å²) in [6.07, 6.45) is -4.43. The Morgan fingerprint density at radius 3 is 1.70 bits per heavy atom. The molecule has 1 saturated heterocycles. The zero-order valence-electron chi connectivity index (χ0n) is 28.6. The van der Waals surface area contributed by atoms with Crippen LogP contribution in [0, 0.1) is 0 Å². The van der Waals surface area contributed by atoms with Crippen LogP contribution in [0.2, 0.25) is 6.04 Å². The van der Waals surface area contributed by atoms with Crippen molar-refractivity contribution >= 4 is 36.4 Å². The lowest BCUT2D eigenvalue weighted by Gasteiger charge is -2.48. The Kier molecular flexibility index (Phi) is 9.84. The van der Waals surface area contributed by atoms with Crippen molar-refractivity contribution in [2.45, 2.75) is 69.5 Å². The van der Waals surface area contributed by atoms with Crippen molar-refractivity contribution in [1.29, 1.82) is 0 Å². The molecule has 1 aliphatic heterocycles. The van der Waals surface area contributed by atoms with Crippen LogP contribution in [0.25, 0.3) is 0 Å². The van der Waals surface area contributed by atoms with E-state index in [-0.39, 0.29) is 23.2 Å². The van der Waals surface area contributed by atoms with Crippen LogP contribution in [-0.4, -0.2) is 60.9 Å². The number of benzene rings is 4. The number of hydrogen-bond donors (Lipinski definition) is 1. The minimum Gasteiger partial charge on any atom is -0.452 e. The fourth-order valence-corrected chi connectivity index (χ4v) is 12.1. The number of ether oxygens (including phenoxy) is 4. The third kappa shape index (κ3) is 7.07. The summed E-state index contributed by atoms with van der Waals surface area (Å²) in [7, 11) is -3.37. The molecule has 4 aromatic carbocycles. The van der Waals surface area contributed by atoms with Gasteiger partial charge in [0, 0.05) is 6.92 Å². The molecule has 0 spiro atoms. The molecule has 9 heteroatoms. The number of aliphatic hydroxyl groups is 1. The Morgan fingerprint density at radius 2 is 1.23 bits per heavy atom. The highest BCUT2D eigenvalue weighted by Gasteiger charge is 2.65. The lowest BCUT2D eigenvalue weighted by Crippen LogP contribution is -2.77. The van der Waals surface area contributed by atoms with Crippen molar-refractivity contribution in [2.75, 3.05) is 0 Å². The predicted octanol–water partition coefficient (Wildman–Crippen LogP) is 5.08. The molecule has 0 aliphatic carbocycles. The van der Waals surface area contributed by atoms with Gasteiger partial charge < -0.3 is 24.1 Å². The van der Waals surface area contributed by atoms with Gasteiger partial charge in [-0.05, 0) is 37.2 Å². The van der Waals surface area contributed by atoms with Crippen LogP contribution in [0.1, 0.15) is 57.1 Å². The minimum absolute atomic E-state index is 0.0565. The van der Waals surface area contributed by atoms with Crippen LogP contribution in [0.15, 0.2) is 121 Å². The summed E-state index contributed by atoms with van der Waals surface area (Å²) in [5.74, 6) is -2.60. The molecule has 1 unspecified atom stereocenters. The van der Waals surface area contributed by atoms with Gasteiger partial charge in [-0.25, -0.2) is 9.59 Å². The first-order valence-corrected chi connectivity index (χ1v) is 17.9. The standard InChI is InChI=1S/C38H40O8Si/c1-4-5-26-47(30-22-14-8-15-23-30,31-24-16-9-17-25-31)38(3,42)34-32(44-35(40)28-18-10-6-11-19-28)33(37(46-34)43-27(2)39)45-36(41)29-20-12-7-13-21-29/h6-25,32-34,37,42H,4-5,26H2,1-3H3/t32-,33+,34-,37?,38-/m0/s1/i18T,20T. The summed E-state index contributed by atoms with van der Waals surface area (Å²) in [6.45, 7) is 4.88. The molecule has 4 aromatic rings. The van der Waals surface area contributed by atoms with Gasteiger partial charge >= 0.3 is 17.9 Å². The maximum Gasteiger partial charge on any atom is 0.338 e. The summed E-state index contributed by atoms with van der Waals surface area (Å²) in [5, 5.41) is 13.2. The molecule has 0 bridgehead atoms. The Morgan fingerprint density at radius 1 is 0.766 bits per heavy atom. The van der Waals surface area contributed by atoms with E-state index in [2.05, 4.69) is 6.92 Å². The van der Waals surface area contributed by atoms with Gasteiger partial charge in [-0.3, -0.25) is 4.79 Å². The van der Waals surface area contributed by atoms with Crippen molar-refractivity contribution in [3.63, 3.8) is 0 Å². The highest BCUT2D eigenvalue weighted by atomic mass is 28.3. The second kappa shape index (κ2) is 14.9. The van der Waals surface area contributed by atoms with Gasteiger partial charge in [-0.15, -0.1) is 0 Å². The molecule has 0 radical (unpaired) electrons. The number of unbranched alkanes of at least 4 members (excludes halogenated alkanes) is 1. The quantitative estimate of drug-likeness (QED) is 0.128. The summed E-state index contributed by atoms with van der Waals surface area (Å²) in [4.78, 5) is 39.8. The molecule has 1 heterocycles. The third-order valence-electron chi connectivity index (χ3n) is 8.65. The summed E-state index contributed by atoms with van der Waals surface area (Å²) in [5.41, 5.74) is -0.125. The topological polar surface area (TPSA) is 108 Å². The third-order valence-corrected chi connectivity index (χ3v) is 14.4. The van der Waals surface area contributed by atoms with E-state index in [0.717, 1.165) is 23.2 Å². The lowest BCUT2D eigenvalue weighted by molar-refractivity contribution is -0.194. The molecule has 0 amide bonds. The van der Waals surface area contributed by atoms with E-state index in [0.29, 0.717) is 6.04 Å². The van der Waals surface area contributed by atoms with E-state index in [9.17, 15) is 19.5 Å². The molecule has 1 fully saturated rings. The molecule has 8 nitrogen and oxygen atoms in total. The first-order chi connectivity index (χ1) is 23.5. The number of hydrogen-bond acceptors (Lipinski definition) is 8. The van der Waals surface area contributed by atoms with E-state index in [4.69, 9.17) is 21.7 Å². The van der Waals surface area contributed by atoms with Crippen molar-refractivity contribution in [1.82, 2.24) is 0 Å². The monoisotopic (exact) mass is 656 g/mol. The average Bonchev–Trinajstić information content (AvgIpc) is 3.42. The van der Waals surface area contributed by atoms with Crippen molar-refractivity contribution < 1.29 is 41.2 Å². The zero-order chi connectivity index (χ0) is 35.2. The van der Waals surface area contributed by atoms with E-state index < -0.39 is 55.8 Å². The second-order valence-corrected chi connectivity index (χ2v) is 16.2. The summed E-state index contributed by atoms with van der Waals surface area (Å²) >= 11 is 0. The van der Waals surface area contributed by atoms with Crippen LogP contribution < -0.4 is 10.4 Å². The highest BCUT2D eigenvalue weighted by Crippen LogP contribution is 2.40. The van der Waals surface area contributed by atoms with Gasteiger partial charge in [0.05, 0.1) is 19.1 Å². The Hall–Kier alpha value is -4.57. The van der Waals surface area contributed by atoms with Gasteiger partial charge in [0.1, 0.15) is 6.10 Å². The number of carbonyl (C=O) groups is 3. The van der Waals surface area contributed by atoms with E-state index in [1.165, 1.54) is 31.2 Å². The first kappa shape index (κ1) is 31.0. The largest absolute Gasteiger partial charge is 0.452 e. The lowest BCUT2D eigenvalue weighted by atomic mass is 10.1. The van der Waals surface area contributed by atoms with Gasteiger partial charge in [0.25, 0.3) is 0 Å². The Bertz CT molecular complexity index is 1730. The van der Waals surface area contributed by atoms with Gasteiger partial charge in [-0.2, -0.15) is 0 Å². The number of carbonyl (C=O) groups excluding carboxylic acids is 3.